The second kappa shape index (κ2) is 3.95. The van der Waals surface area contributed by atoms with Crippen LogP contribution in [0.3, 0.4) is 0 Å². The summed E-state index contributed by atoms with van der Waals surface area (Å²) in [5, 5.41) is 9.97. The van der Waals surface area contributed by atoms with Crippen LogP contribution in [0.5, 0.6) is 0 Å². The predicted octanol–water partition coefficient (Wildman–Crippen LogP) is 2.89. The molecule has 14 heavy (non-hydrogen) atoms. The van der Waals surface area contributed by atoms with Crippen LogP contribution >= 0.6 is 11.8 Å². The molecular formula is C12H16OS. The lowest BCUT2D eigenvalue weighted by Crippen LogP contribution is -2.28. The third-order valence-corrected chi connectivity index (χ3v) is 4.01. The highest BCUT2D eigenvalue weighted by atomic mass is 32.2. The Hall–Kier alpha value is -0.470. The molecule has 0 radical (unpaired) electrons. The monoisotopic (exact) mass is 208 g/mol. The Bertz CT molecular complexity index is 322. The van der Waals surface area contributed by atoms with Gasteiger partial charge >= 0.3 is 0 Å². The Balaban J connectivity index is 2.41. The SMILES string of the molecule is CC(C)C1c2ccccc2SC[C@H]1O. The van der Waals surface area contributed by atoms with E-state index in [1.165, 1.54) is 10.5 Å². The molecule has 2 atom stereocenters. The third kappa shape index (κ3) is 1.69. The maximum atomic E-state index is 9.97. The van der Waals surface area contributed by atoms with Gasteiger partial charge in [-0.25, -0.2) is 0 Å². The second-order valence-corrected chi connectivity index (χ2v) is 5.25. The van der Waals surface area contributed by atoms with Gasteiger partial charge in [0.15, 0.2) is 0 Å². The molecule has 0 amide bonds. The molecule has 1 nitrogen and oxygen atoms in total. The minimum absolute atomic E-state index is 0.185. The van der Waals surface area contributed by atoms with Crippen LogP contribution in [-0.4, -0.2) is 17.0 Å². The Labute approximate surface area is 89.5 Å². The number of thioether (sulfide) groups is 1. The van der Waals surface area contributed by atoms with Crippen LogP contribution in [0.25, 0.3) is 0 Å². The van der Waals surface area contributed by atoms with E-state index in [1.54, 1.807) is 11.8 Å². The molecular weight excluding hydrogens is 192 g/mol. The molecule has 0 spiro atoms. The summed E-state index contributed by atoms with van der Waals surface area (Å²) in [5.74, 6) is 1.65. The molecule has 1 aromatic carbocycles. The van der Waals surface area contributed by atoms with Crippen molar-refractivity contribution in [3.05, 3.63) is 29.8 Å². The molecule has 76 valence electrons. The van der Waals surface area contributed by atoms with Gasteiger partial charge in [-0.3, -0.25) is 0 Å². The molecule has 0 saturated heterocycles. The van der Waals surface area contributed by atoms with Crippen LogP contribution in [0, 0.1) is 5.92 Å². The summed E-state index contributed by atoms with van der Waals surface area (Å²) in [6.07, 6.45) is -0.185. The highest BCUT2D eigenvalue weighted by molar-refractivity contribution is 7.99. The fourth-order valence-electron chi connectivity index (χ4n) is 2.18. The standard InChI is InChI=1S/C12H16OS/c1-8(2)12-9-5-3-4-6-11(9)14-7-10(12)13/h3-6,8,10,12-13H,7H2,1-2H3/t10-,12?/m1/s1. The fourth-order valence-corrected chi connectivity index (χ4v) is 3.28. The fraction of sp³-hybridized carbons (Fsp3) is 0.500. The molecule has 1 unspecified atom stereocenters. The molecule has 1 aliphatic rings. The van der Waals surface area contributed by atoms with Crippen molar-refractivity contribution >= 4 is 11.8 Å². The van der Waals surface area contributed by atoms with Gasteiger partial charge in [-0.05, 0) is 17.5 Å². The quantitative estimate of drug-likeness (QED) is 0.765. The maximum Gasteiger partial charge on any atom is 0.0705 e. The van der Waals surface area contributed by atoms with Gasteiger partial charge in [0.05, 0.1) is 6.10 Å². The lowest BCUT2D eigenvalue weighted by atomic mass is 9.84. The summed E-state index contributed by atoms with van der Waals surface area (Å²) in [6.45, 7) is 4.36. The summed E-state index contributed by atoms with van der Waals surface area (Å²) in [7, 11) is 0. The first-order valence-electron chi connectivity index (χ1n) is 5.10. The first-order valence-corrected chi connectivity index (χ1v) is 6.08. The molecule has 1 aliphatic heterocycles. The lowest BCUT2D eigenvalue weighted by molar-refractivity contribution is 0.141. The zero-order chi connectivity index (χ0) is 10.1. The van der Waals surface area contributed by atoms with Gasteiger partial charge in [0, 0.05) is 16.6 Å². The Morgan fingerprint density at radius 2 is 2.07 bits per heavy atom. The summed E-state index contributed by atoms with van der Waals surface area (Å²) in [4.78, 5) is 1.34. The predicted molar refractivity (Wildman–Crippen MR) is 60.8 cm³/mol. The molecule has 1 aromatic rings. The molecule has 0 saturated carbocycles. The van der Waals surface area contributed by atoms with Crippen molar-refractivity contribution in [3.8, 4) is 0 Å². The van der Waals surface area contributed by atoms with Crippen LogP contribution in [0.4, 0.5) is 0 Å². The zero-order valence-electron chi connectivity index (χ0n) is 8.60. The third-order valence-electron chi connectivity index (χ3n) is 2.82. The van der Waals surface area contributed by atoms with E-state index in [4.69, 9.17) is 0 Å². The Kier molecular flexibility index (Phi) is 2.84. The highest BCUT2D eigenvalue weighted by Crippen LogP contribution is 2.40. The Morgan fingerprint density at radius 1 is 1.36 bits per heavy atom. The molecule has 1 N–H and O–H groups in total. The van der Waals surface area contributed by atoms with Crippen molar-refractivity contribution in [2.45, 2.75) is 30.8 Å². The maximum absolute atomic E-state index is 9.97. The number of fused-ring (bicyclic) bond motifs is 1. The van der Waals surface area contributed by atoms with E-state index < -0.39 is 0 Å². The topological polar surface area (TPSA) is 20.2 Å². The van der Waals surface area contributed by atoms with Gasteiger partial charge in [-0.1, -0.05) is 32.0 Å². The summed E-state index contributed by atoms with van der Waals surface area (Å²) >= 11 is 1.77. The zero-order valence-corrected chi connectivity index (χ0v) is 9.42. The Morgan fingerprint density at radius 3 is 2.79 bits per heavy atom. The van der Waals surface area contributed by atoms with Crippen LogP contribution in [0.1, 0.15) is 25.3 Å². The van der Waals surface area contributed by atoms with E-state index in [2.05, 4.69) is 38.1 Å². The number of hydrogen-bond donors (Lipinski definition) is 1. The van der Waals surface area contributed by atoms with Crippen molar-refractivity contribution in [1.29, 1.82) is 0 Å². The first kappa shape index (κ1) is 10.1. The van der Waals surface area contributed by atoms with Crippen LogP contribution in [0.15, 0.2) is 29.2 Å². The van der Waals surface area contributed by atoms with Crippen molar-refractivity contribution < 1.29 is 5.11 Å². The van der Waals surface area contributed by atoms with E-state index in [9.17, 15) is 5.11 Å². The molecule has 2 heteroatoms. The van der Waals surface area contributed by atoms with Gasteiger partial charge in [0.25, 0.3) is 0 Å². The van der Waals surface area contributed by atoms with E-state index in [1.807, 2.05) is 0 Å². The molecule has 0 fully saturated rings. The minimum Gasteiger partial charge on any atom is -0.392 e. The van der Waals surface area contributed by atoms with Gasteiger partial charge < -0.3 is 5.11 Å². The van der Waals surface area contributed by atoms with Gasteiger partial charge in [0.1, 0.15) is 0 Å². The number of aliphatic hydroxyl groups excluding tert-OH is 1. The van der Waals surface area contributed by atoms with Gasteiger partial charge in [-0.15, -0.1) is 11.8 Å². The number of benzene rings is 1. The molecule has 0 bridgehead atoms. The normalized spacial score (nSPS) is 26.3. The number of hydrogen-bond acceptors (Lipinski definition) is 2. The van der Waals surface area contributed by atoms with Gasteiger partial charge in [0.2, 0.25) is 0 Å². The minimum atomic E-state index is -0.185. The summed E-state index contributed by atoms with van der Waals surface area (Å²) in [5.41, 5.74) is 1.33. The van der Waals surface area contributed by atoms with E-state index >= 15 is 0 Å². The number of aliphatic hydroxyl groups is 1. The van der Waals surface area contributed by atoms with E-state index in [0.717, 1.165) is 5.75 Å². The summed E-state index contributed by atoms with van der Waals surface area (Å²) < 4.78 is 0. The van der Waals surface area contributed by atoms with Crippen molar-refractivity contribution in [2.24, 2.45) is 5.92 Å². The van der Waals surface area contributed by atoms with Crippen LogP contribution < -0.4 is 0 Å². The first-order chi connectivity index (χ1) is 6.70. The molecule has 0 aromatic heterocycles. The van der Waals surface area contributed by atoms with Crippen LogP contribution in [0.2, 0.25) is 0 Å². The average Bonchev–Trinajstić information content (AvgIpc) is 2.17. The molecule has 1 heterocycles. The van der Waals surface area contributed by atoms with E-state index in [0.29, 0.717) is 11.8 Å². The average molecular weight is 208 g/mol. The highest BCUT2D eigenvalue weighted by Gasteiger charge is 2.30. The van der Waals surface area contributed by atoms with Crippen molar-refractivity contribution in [1.82, 2.24) is 0 Å². The second-order valence-electron chi connectivity index (χ2n) is 4.19. The molecule has 0 aliphatic carbocycles. The van der Waals surface area contributed by atoms with Gasteiger partial charge in [-0.2, -0.15) is 0 Å². The summed E-state index contributed by atoms with van der Waals surface area (Å²) in [6, 6.07) is 8.43. The smallest absolute Gasteiger partial charge is 0.0705 e. The van der Waals surface area contributed by atoms with Crippen molar-refractivity contribution in [2.75, 3.05) is 5.75 Å². The molecule has 2 rings (SSSR count). The van der Waals surface area contributed by atoms with Crippen LogP contribution in [-0.2, 0) is 0 Å². The van der Waals surface area contributed by atoms with Crippen molar-refractivity contribution in [3.63, 3.8) is 0 Å². The largest absolute Gasteiger partial charge is 0.392 e. The number of rotatable bonds is 1. The lowest BCUT2D eigenvalue weighted by Gasteiger charge is -2.32. The van der Waals surface area contributed by atoms with E-state index in [-0.39, 0.29) is 6.10 Å².